The van der Waals surface area contributed by atoms with Crippen molar-refractivity contribution in [1.29, 1.82) is 0 Å². The summed E-state index contributed by atoms with van der Waals surface area (Å²) in [5, 5.41) is 2.69. The highest BCUT2D eigenvalue weighted by Gasteiger charge is 2.40. The van der Waals surface area contributed by atoms with E-state index in [1.54, 1.807) is 41.5 Å². The maximum Gasteiger partial charge on any atom is 0.433 e. The average molecular weight is 558 g/mol. The molecule has 0 radical (unpaired) electrons. The lowest BCUT2D eigenvalue weighted by Crippen LogP contribution is -2.53. The van der Waals surface area contributed by atoms with Crippen LogP contribution in [-0.2, 0) is 43.6 Å². The van der Waals surface area contributed by atoms with E-state index in [1.807, 2.05) is 6.92 Å². The van der Waals surface area contributed by atoms with Gasteiger partial charge in [0, 0.05) is 37.0 Å². The first kappa shape index (κ1) is 30.6. The molecule has 0 unspecified atom stereocenters. The molecule has 0 bridgehead atoms. The second-order valence-electron chi connectivity index (χ2n) is 12.1. The molecule has 3 rings (SSSR count). The van der Waals surface area contributed by atoms with Gasteiger partial charge in [-0.25, -0.2) is 14.8 Å². The van der Waals surface area contributed by atoms with Crippen molar-refractivity contribution in [3.63, 3.8) is 0 Å². The zero-order chi connectivity index (χ0) is 29.3. The number of rotatable bonds is 5. The number of alkyl halides is 3. The predicted molar refractivity (Wildman–Crippen MR) is 135 cm³/mol. The van der Waals surface area contributed by atoms with Gasteiger partial charge in [-0.3, -0.25) is 9.59 Å². The molecule has 0 spiro atoms. The van der Waals surface area contributed by atoms with E-state index in [9.17, 15) is 27.6 Å². The van der Waals surface area contributed by atoms with Crippen LogP contribution < -0.4 is 5.32 Å². The number of fused-ring (bicyclic) bond motifs is 1. The number of nitrogens with zero attached hydrogens (tertiary/aromatic N) is 4. The summed E-state index contributed by atoms with van der Waals surface area (Å²) in [4.78, 5) is 49.5. The molecule has 0 aromatic carbocycles. The van der Waals surface area contributed by atoms with E-state index in [1.165, 1.54) is 9.80 Å². The number of hydrogen-bond acceptors (Lipinski definition) is 7. The minimum atomic E-state index is -4.65. The standard InChI is InChI=1S/C26H38F3N5O5/c1-15-11-34(20(36)14-38-15)12-16(30-23(37)39-25(5,6)7)10-19(35)33-9-8-17-18(13-33)31-22(24(2,3)4)32-21(17)26(27,28)29/h15-16H,8-14H2,1-7H3,(H,30,37)/t15-,16-/m0/s1. The number of halogens is 3. The van der Waals surface area contributed by atoms with Crippen molar-refractivity contribution in [2.75, 3.05) is 26.2 Å². The van der Waals surface area contributed by atoms with Crippen LogP contribution in [0, 0.1) is 0 Å². The fourth-order valence-electron chi connectivity index (χ4n) is 4.40. The lowest BCUT2D eigenvalue weighted by Gasteiger charge is -2.35. The Morgan fingerprint density at radius 2 is 1.82 bits per heavy atom. The predicted octanol–water partition coefficient (Wildman–Crippen LogP) is 3.21. The molecule has 3 heterocycles. The van der Waals surface area contributed by atoms with E-state index in [0.717, 1.165) is 0 Å². The van der Waals surface area contributed by atoms with Crippen molar-refractivity contribution in [1.82, 2.24) is 25.1 Å². The Bertz CT molecular complexity index is 1100. The van der Waals surface area contributed by atoms with Gasteiger partial charge >= 0.3 is 12.3 Å². The van der Waals surface area contributed by atoms with Gasteiger partial charge < -0.3 is 24.6 Å². The number of ether oxygens (including phenoxy) is 2. The van der Waals surface area contributed by atoms with Gasteiger partial charge in [0.1, 0.15) is 18.0 Å². The van der Waals surface area contributed by atoms with Crippen LogP contribution >= 0.6 is 0 Å². The third kappa shape index (κ3) is 8.26. The van der Waals surface area contributed by atoms with Gasteiger partial charge in [-0.2, -0.15) is 13.2 Å². The molecule has 1 N–H and O–H groups in total. The summed E-state index contributed by atoms with van der Waals surface area (Å²) in [5.41, 5.74) is -2.31. The van der Waals surface area contributed by atoms with Gasteiger partial charge in [0.25, 0.3) is 0 Å². The summed E-state index contributed by atoms with van der Waals surface area (Å²) in [5.74, 6) is -0.609. The lowest BCUT2D eigenvalue weighted by molar-refractivity contribution is -0.149. The van der Waals surface area contributed by atoms with Crippen LogP contribution in [0.2, 0.25) is 0 Å². The fraction of sp³-hybridized carbons (Fsp3) is 0.731. The van der Waals surface area contributed by atoms with Gasteiger partial charge in [0.2, 0.25) is 11.8 Å². The first-order valence-corrected chi connectivity index (χ1v) is 13.0. The summed E-state index contributed by atoms with van der Waals surface area (Å²) in [6.45, 7) is 12.3. The van der Waals surface area contributed by atoms with Crippen LogP contribution in [0.1, 0.15) is 77.7 Å². The number of hydrogen-bond donors (Lipinski definition) is 1. The zero-order valence-electron chi connectivity index (χ0n) is 23.6. The highest BCUT2D eigenvalue weighted by molar-refractivity contribution is 5.80. The van der Waals surface area contributed by atoms with Crippen molar-refractivity contribution in [2.45, 2.75) is 97.2 Å². The molecular formula is C26H38F3N5O5. The maximum atomic E-state index is 13.8. The van der Waals surface area contributed by atoms with Crippen molar-refractivity contribution in [3.05, 3.63) is 22.8 Å². The van der Waals surface area contributed by atoms with E-state index in [0.29, 0.717) is 6.54 Å². The Balaban J connectivity index is 1.82. The molecule has 1 aromatic rings. The Morgan fingerprint density at radius 1 is 1.15 bits per heavy atom. The molecule has 1 saturated heterocycles. The molecule has 0 aliphatic carbocycles. The number of amides is 3. The summed E-state index contributed by atoms with van der Waals surface area (Å²) in [6.07, 6.45) is -5.83. The number of alkyl carbamates (subject to hydrolysis) is 1. The van der Waals surface area contributed by atoms with E-state index >= 15 is 0 Å². The van der Waals surface area contributed by atoms with Crippen molar-refractivity contribution < 1.29 is 37.0 Å². The van der Waals surface area contributed by atoms with E-state index < -0.39 is 35.0 Å². The van der Waals surface area contributed by atoms with Gasteiger partial charge in [-0.15, -0.1) is 0 Å². The fourth-order valence-corrected chi connectivity index (χ4v) is 4.40. The van der Waals surface area contributed by atoms with Crippen molar-refractivity contribution in [3.8, 4) is 0 Å². The number of carbonyl (C=O) groups is 3. The van der Waals surface area contributed by atoms with Crippen molar-refractivity contribution in [2.24, 2.45) is 0 Å². The van der Waals surface area contributed by atoms with Crippen molar-refractivity contribution >= 4 is 17.9 Å². The second kappa shape index (κ2) is 11.3. The summed E-state index contributed by atoms with van der Waals surface area (Å²) in [7, 11) is 0. The Labute approximate surface area is 226 Å². The van der Waals surface area contributed by atoms with E-state index in [4.69, 9.17) is 9.47 Å². The number of carbonyl (C=O) groups excluding carboxylic acids is 3. The molecule has 10 nitrogen and oxygen atoms in total. The molecule has 3 amide bonds. The van der Waals surface area contributed by atoms with Gasteiger partial charge in [-0.05, 0) is 34.1 Å². The lowest BCUT2D eigenvalue weighted by atomic mass is 9.93. The van der Waals surface area contributed by atoms with Crippen LogP contribution in [0.25, 0.3) is 0 Å². The molecule has 39 heavy (non-hydrogen) atoms. The molecule has 2 aliphatic heterocycles. The van der Waals surface area contributed by atoms with Gasteiger partial charge in [0.15, 0.2) is 5.69 Å². The normalized spacial score (nSPS) is 19.4. The molecule has 0 saturated carbocycles. The van der Waals surface area contributed by atoms with E-state index in [2.05, 4.69) is 15.3 Å². The Kier molecular flexibility index (Phi) is 8.83. The first-order valence-electron chi connectivity index (χ1n) is 13.0. The minimum absolute atomic E-state index is 0.00381. The zero-order valence-corrected chi connectivity index (χ0v) is 23.6. The topological polar surface area (TPSA) is 114 Å². The van der Waals surface area contributed by atoms with Crippen LogP contribution in [0.3, 0.4) is 0 Å². The molecule has 2 atom stereocenters. The summed E-state index contributed by atoms with van der Waals surface area (Å²) in [6, 6.07) is -0.788. The Morgan fingerprint density at radius 3 is 2.41 bits per heavy atom. The quantitative estimate of drug-likeness (QED) is 0.592. The maximum absolute atomic E-state index is 13.8. The van der Waals surface area contributed by atoms with Gasteiger partial charge in [0.05, 0.1) is 24.4 Å². The molecule has 1 fully saturated rings. The number of nitrogens with one attached hydrogen (secondary N) is 1. The largest absolute Gasteiger partial charge is 0.444 e. The second-order valence-corrected chi connectivity index (χ2v) is 12.1. The number of aromatic nitrogens is 2. The third-order valence-corrected chi connectivity index (χ3v) is 6.26. The van der Waals surface area contributed by atoms with Crippen LogP contribution in [0.5, 0.6) is 0 Å². The smallest absolute Gasteiger partial charge is 0.433 e. The van der Waals surface area contributed by atoms with Gasteiger partial charge in [-0.1, -0.05) is 20.8 Å². The van der Waals surface area contributed by atoms with E-state index in [-0.39, 0.29) is 74.1 Å². The molecule has 13 heteroatoms. The highest BCUT2D eigenvalue weighted by Crippen LogP contribution is 2.35. The monoisotopic (exact) mass is 557 g/mol. The SMILES string of the molecule is C[C@H]1CN(C[C@H](CC(=O)N2CCc3c(nc(C(C)(C)C)nc3C(F)(F)F)C2)NC(=O)OC(C)(C)C)C(=O)CO1. The molecular weight excluding hydrogens is 519 g/mol. The molecule has 218 valence electrons. The molecule has 1 aromatic heterocycles. The summed E-state index contributed by atoms with van der Waals surface area (Å²) >= 11 is 0. The minimum Gasteiger partial charge on any atom is -0.444 e. The Hall–Kier alpha value is -2.96. The third-order valence-electron chi connectivity index (χ3n) is 6.26. The van der Waals surface area contributed by atoms with Crippen LogP contribution in [0.15, 0.2) is 0 Å². The molecule has 2 aliphatic rings. The number of morpholine rings is 1. The average Bonchev–Trinajstić information content (AvgIpc) is 2.77. The summed E-state index contributed by atoms with van der Waals surface area (Å²) < 4.78 is 52.2. The van der Waals surface area contributed by atoms with Crippen LogP contribution in [-0.4, -0.2) is 81.7 Å². The first-order chi connectivity index (χ1) is 17.8. The highest BCUT2D eigenvalue weighted by atomic mass is 19.4. The van der Waals surface area contributed by atoms with Crippen LogP contribution in [0.4, 0.5) is 18.0 Å².